The van der Waals surface area contributed by atoms with Crippen LogP contribution in [0, 0.1) is 5.41 Å². The summed E-state index contributed by atoms with van der Waals surface area (Å²) < 4.78 is 10.8. The van der Waals surface area contributed by atoms with Gasteiger partial charge in [0.05, 0.1) is 24.4 Å². The van der Waals surface area contributed by atoms with Gasteiger partial charge in [0.25, 0.3) is 0 Å². The summed E-state index contributed by atoms with van der Waals surface area (Å²) in [7, 11) is 0. The molecular weight excluding hydrogens is 350 g/mol. The fourth-order valence-electron chi connectivity index (χ4n) is 2.23. The van der Waals surface area contributed by atoms with Crippen molar-refractivity contribution >= 4 is 5.96 Å². The van der Waals surface area contributed by atoms with Crippen LogP contribution < -0.4 is 22.5 Å². The van der Waals surface area contributed by atoms with Crippen molar-refractivity contribution in [2.45, 2.75) is 82.5 Å². The van der Waals surface area contributed by atoms with Gasteiger partial charge in [-0.05, 0) is 27.2 Å². The second-order valence-corrected chi connectivity index (χ2v) is 6.26. The van der Waals surface area contributed by atoms with Crippen molar-refractivity contribution in [3.8, 4) is 0 Å². The van der Waals surface area contributed by atoms with Crippen LogP contribution in [0.4, 0.5) is 0 Å². The summed E-state index contributed by atoms with van der Waals surface area (Å²) in [4.78, 5) is 0. The number of hydrogen-bond donors (Lipinski definition) is 10. The summed E-state index contributed by atoms with van der Waals surface area (Å²) in [5.41, 5.74) is 16.5. The Hall–Kier alpha value is -1.09. The number of nitrogens with one attached hydrogen (secondary N) is 2. The highest BCUT2D eigenvalue weighted by atomic mass is 16.7. The number of hydrogen-bond acceptors (Lipinski definition) is 10. The van der Waals surface area contributed by atoms with E-state index in [2.05, 4.69) is 5.32 Å². The Kier molecular flexibility index (Phi) is 11.1. The van der Waals surface area contributed by atoms with Gasteiger partial charge in [-0.2, -0.15) is 0 Å². The molecule has 0 fully saturated rings. The second kappa shape index (κ2) is 11.6. The smallest absolute Gasteiger partial charge is 0.197 e. The molecule has 0 aliphatic rings. The van der Waals surface area contributed by atoms with E-state index in [0.717, 1.165) is 0 Å². The van der Waals surface area contributed by atoms with Gasteiger partial charge in [0, 0.05) is 6.04 Å². The molecular formula is C14H33N5O7. The van der Waals surface area contributed by atoms with E-state index in [1.807, 2.05) is 0 Å². The van der Waals surface area contributed by atoms with Gasteiger partial charge in [-0.25, -0.2) is 0 Å². The molecule has 26 heavy (non-hydrogen) atoms. The zero-order valence-electron chi connectivity index (χ0n) is 15.2. The third kappa shape index (κ3) is 9.02. The van der Waals surface area contributed by atoms with E-state index in [-0.39, 0.29) is 6.42 Å². The first-order chi connectivity index (χ1) is 11.9. The van der Waals surface area contributed by atoms with E-state index in [1.54, 1.807) is 0 Å². The molecule has 13 N–H and O–H groups in total. The fourth-order valence-corrected chi connectivity index (χ4v) is 2.23. The molecule has 8 atom stereocenters. The Bertz CT molecular complexity index is 403. The molecule has 0 aromatic carbocycles. The van der Waals surface area contributed by atoms with Crippen LogP contribution >= 0.6 is 0 Å². The highest BCUT2D eigenvalue weighted by molar-refractivity contribution is 5.74. The number of aliphatic hydroxyl groups is 5. The van der Waals surface area contributed by atoms with Crippen molar-refractivity contribution in [2.24, 2.45) is 17.2 Å². The zero-order chi connectivity index (χ0) is 20.6. The Balaban J connectivity index is 4.92. The number of aliphatic hydroxyl groups excluding tert-OH is 4. The molecule has 0 aliphatic carbocycles. The van der Waals surface area contributed by atoms with Gasteiger partial charge < -0.3 is 57.5 Å². The highest BCUT2D eigenvalue weighted by Crippen LogP contribution is 2.15. The highest BCUT2D eigenvalue weighted by Gasteiger charge is 2.32. The van der Waals surface area contributed by atoms with E-state index in [0.29, 0.717) is 0 Å². The predicted molar refractivity (Wildman–Crippen MR) is 92.4 cm³/mol. The quantitative estimate of drug-likeness (QED) is 0.0886. The molecule has 12 heteroatoms. The Morgan fingerprint density at radius 1 is 1.00 bits per heavy atom. The van der Waals surface area contributed by atoms with E-state index >= 15 is 0 Å². The van der Waals surface area contributed by atoms with Gasteiger partial charge in [-0.15, -0.1) is 0 Å². The standard InChI is InChI=1S/C14H33N5O7/c1-5(20)10(6(2)21)26-13(11(16)22)25-7(3)8(15)4-9(12(23)24)19-14(17)18/h5-13,20-24H,4,15-16H2,1-3H3,(H4,17,18,19)/t5-,6+,7-,8?,9?,10?,11-,13?/m0/s1. The molecule has 0 bridgehead atoms. The number of ether oxygens (including phenoxy) is 2. The Morgan fingerprint density at radius 3 is 1.85 bits per heavy atom. The molecule has 0 amide bonds. The molecule has 0 aromatic heterocycles. The van der Waals surface area contributed by atoms with E-state index < -0.39 is 61.3 Å². The topological polar surface area (TPSA) is 234 Å². The lowest BCUT2D eigenvalue weighted by molar-refractivity contribution is -0.259. The minimum absolute atomic E-state index is 0.0396. The van der Waals surface area contributed by atoms with Gasteiger partial charge in [0.1, 0.15) is 6.10 Å². The van der Waals surface area contributed by atoms with Crippen LogP contribution in [0.2, 0.25) is 0 Å². The van der Waals surface area contributed by atoms with Crippen molar-refractivity contribution in [3.63, 3.8) is 0 Å². The molecule has 0 heterocycles. The Labute approximate surface area is 152 Å². The maximum Gasteiger partial charge on any atom is 0.197 e. The summed E-state index contributed by atoms with van der Waals surface area (Å²) in [5.74, 6) is -0.459. The van der Waals surface area contributed by atoms with Crippen molar-refractivity contribution in [3.05, 3.63) is 0 Å². The number of rotatable bonds is 12. The van der Waals surface area contributed by atoms with Gasteiger partial charge in [-0.1, -0.05) is 0 Å². The van der Waals surface area contributed by atoms with Crippen LogP contribution in [-0.2, 0) is 9.47 Å². The lowest BCUT2D eigenvalue weighted by Gasteiger charge is -2.33. The molecule has 12 nitrogen and oxygen atoms in total. The zero-order valence-corrected chi connectivity index (χ0v) is 15.2. The average Bonchev–Trinajstić information content (AvgIpc) is 2.48. The third-order valence-electron chi connectivity index (χ3n) is 3.70. The lowest BCUT2D eigenvalue weighted by atomic mass is 10.0. The molecule has 0 saturated heterocycles. The van der Waals surface area contributed by atoms with Crippen molar-refractivity contribution in [1.82, 2.24) is 5.32 Å². The molecule has 0 radical (unpaired) electrons. The minimum atomic E-state index is -1.82. The molecule has 0 spiro atoms. The molecule has 4 unspecified atom stereocenters. The van der Waals surface area contributed by atoms with Gasteiger partial charge in [0.2, 0.25) is 0 Å². The van der Waals surface area contributed by atoms with Gasteiger partial charge in [-0.3, -0.25) is 5.41 Å². The summed E-state index contributed by atoms with van der Waals surface area (Å²) in [6.45, 7) is 4.33. The first kappa shape index (κ1) is 24.9. The second-order valence-electron chi connectivity index (χ2n) is 6.26. The predicted octanol–water partition coefficient (Wildman–Crippen LogP) is -3.98. The third-order valence-corrected chi connectivity index (χ3v) is 3.70. The lowest BCUT2D eigenvalue weighted by Crippen LogP contribution is -2.53. The summed E-state index contributed by atoms with van der Waals surface area (Å²) in [6, 6.07) is -1.80. The van der Waals surface area contributed by atoms with Crippen molar-refractivity contribution < 1.29 is 35.0 Å². The molecule has 156 valence electrons. The van der Waals surface area contributed by atoms with Gasteiger partial charge >= 0.3 is 0 Å². The van der Waals surface area contributed by atoms with E-state index in [1.165, 1.54) is 20.8 Å². The summed E-state index contributed by atoms with van der Waals surface area (Å²) in [5, 5.41) is 57.0. The van der Waals surface area contributed by atoms with Crippen LogP contribution in [0.5, 0.6) is 0 Å². The number of nitrogens with two attached hydrogens (primary N) is 3. The van der Waals surface area contributed by atoms with Crippen LogP contribution in [0.1, 0.15) is 27.2 Å². The monoisotopic (exact) mass is 383 g/mol. The summed E-state index contributed by atoms with van der Waals surface area (Å²) >= 11 is 0. The average molecular weight is 383 g/mol. The maximum atomic E-state index is 9.64. The van der Waals surface area contributed by atoms with Gasteiger partial charge in [0.15, 0.2) is 24.8 Å². The first-order valence-corrected chi connectivity index (χ1v) is 8.19. The van der Waals surface area contributed by atoms with Crippen molar-refractivity contribution in [1.29, 1.82) is 5.41 Å². The minimum Gasteiger partial charge on any atom is -0.391 e. The summed E-state index contributed by atoms with van der Waals surface area (Å²) in [6.07, 6.45) is -8.80. The first-order valence-electron chi connectivity index (χ1n) is 8.19. The van der Waals surface area contributed by atoms with E-state index in [4.69, 9.17) is 32.1 Å². The molecule has 0 aliphatic heterocycles. The molecule has 0 aromatic rings. The maximum absolute atomic E-state index is 9.64. The fraction of sp³-hybridized carbons (Fsp3) is 0.929. The van der Waals surface area contributed by atoms with Crippen LogP contribution in [0.3, 0.4) is 0 Å². The van der Waals surface area contributed by atoms with Crippen molar-refractivity contribution in [2.75, 3.05) is 0 Å². The van der Waals surface area contributed by atoms with Crippen LogP contribution in [0.15, 0.2) is 0 Å². The molecule has 0 rings (SSSR count). The number of guanidine groups is 1. The van der Waals surface area contributed by atoms with Crippen LogP contribution in [0.25, 0.3) is 0 Å². The SMILES string of the molecule is C[C@H](O)C(OC(O[C@@H](C)C(N)CC(NC(=N)N)C(O)O)[C@@H](N)O)[C@@H](C)O. The van der Waals surface area contributed by atoms with E-state index in [9.17, 15) is 25.5 Å². The Morgan fingerprint density at radius 2 is 1.50 bits per heavy atom. The normalized spacial score (nSPS) is 21.3. The largest absolute Gasteiger partial charge is 0.391 e. The van der Waals surface area contributed by atoms with Crippen LogP contribution in [-0.4, -0.2) is 86.8 Å². The molecule has 0 saturated carbocycles.